The number of nitrogens with zero attached hydrogens (tertiary/aromatic N) is 1. The molecule has 126 valence electrons. The van der Waals surface area contributed by atoms with Crippen LogP contribution in [0, 0.1) is 0 Å². The van der Waals surface area contributed by atoms with Gasteiger partial charge in [-0.3, -0.25) is 0 Å². The van der Waals surface area contributed by atoms with E-state index in [1.807, 2.05) is 0 Å². The molecule has 0 bridgehead atoms. The molecule has 0 aliphatic carbocycles. The molecule has 2 heterocycles. The molecule has 1 aliphatic heterocycles. The van der Waals surface area contributed by atoms with Crippen molar-refractivity contribution in [1.82, 2.24) is 9.88 Å². The molecule has 1 aliphatic rings. The van der Waals surface area contributed by atoms with E-state index in [0.29, 0.717) is 12.3 Å². The van der Waals surface area contributed by atoms with Gasteiger partial charge in [0.1, 0.15) is 6.23 Å². The van der Waals surface area contributed by atoms with Crippen molar-refractivity contribution in [3.05, 3.63) is 35.5 Å². The Bertz CT molecular complexity index is 638. The Morgan fingerprint density at radius 1 is 1.39 bits per heavy atom. The van der Waals surface area contributed by atoms with Crippen molar-refractivity contribution in [1.29, 1.82) is 0 Å². The fourth-order valence-corrected chi connectivity index (χ4v) is 3.53. The second kappa shape index (κ2) is 7.68. The minimum atomic E-state index is -0.456. The number of fused-ring (bicyclic) bond motifs is 1. The van der Waals surface area contributed by atoms with Gasteiger partial charge in [-0.1, -0.05) is 6.07 Å². The number of piperidine rings is 1. The largest absolute Gasteiger partial charge is 0.361 e. The summed E-state index contributed by atoms with van der Waals surface area (Å²) in [6.45, 7) is 2.35. The number of nitrogens with one attached hydrogen (secondary N) is 1. The summed E-state index contributed by atoms with van der Waals surface area (Å²) in [5.41, 5.74) is 9.71. The first-order valence-electron chi connectivity index (χ1n) is 8.18. The SMILES string of the molecule is CN1CCC(c2c[nH]c3ccc(CCC(N)OOS)cc23)CC1. The minimum Gasteiger partial charge on any atom is -0.361 e. The lowest BCUT2D eigenvalue weighted by Crippen LogP contribution is -2.29. The van der Waals surface area contributed by atoms with Crippen LogP contribution < -0.4 is 5.73 Å². The second-order valence-corrected chi connectivity index (χ2v) is 6.60. The Balaban J connectivity index is 1.74. The van der Waals surface area contributed by atoms with E-state index in [9.17, 15) is 0 Å². The molecule has 1 atom stereocenters. The molecule has 1 saturated heterocycles. The molecular formula is C17H25N3O2S. The van der Waals surface area contributed by atoms with Crippen LogP contribution in [0.5, 0.6) is 0 Å². The fourth-order valence-electron chi connectivity index (χ4n) is 3.41. The highest BCUT2D eigenvalue weighted by Gasteiger charge is 2.21. The van der Waals surface area contributed by atoms with Crippen molar-refractivity contribution >= 4 is 23.8 Å². The van der Waals surface area contributed by atoms with Gasteiger partial charge in [-0.2, -0.15) is 4.33 Å². The number of thiol groups is 1. The summed E-state index contributed by atoms with van der Waals surface area (Å²) in [7, 11) is 2.20. The van der Waals surface area contributed by atoms with Gasteiger partial charge in [-0.05, 0) is 75.0 Å². The highest BCUT2D eigenvalue weighted by Crippen LogP contribution is 2.33. The van der Waals surface area contributed by atoms with Gasteiger partial charge >= 0.3 is 0 Å². The maximum Gasteiger partial charge on any atom is 0.142 e. The topological polar surface area (TPSA) is 63.5 Å². The summed E-state index contributed by atoms with van der Waals surface area (Å²) in [5, 5.41) is 1.34. The van der Waals surface area contributed by atoms with Gasteiger partial charge in [0.2, 0.25) is 0 Å². The number of aromatic nitrogens is 1. The standard InChI is InChI=1S/C17H25N3O2S/c1-20-8-6-13(7-9-20)15-11-19-16-4-2-12(10-14(15)16)3-5-17(18)21-22-23/h2,4,10-11,13,17,19,23H,3,5-9,18H2,1H3. The van der Waals surface area contributed by atoms with Crippen molar-refractivity contribution in [2.24, 2.45) is 5.73 Å². The molecule has 1 aromatic carbocycles. The van der Waals surface area contributed by atoms with E-state index in [-0.39, 0.29) is 0 Å². The van der Waals surface area contributed by atoms with E-state index in [2.05, 4.69) is 58.6 Å². The third-order valence-electron chi connectivity index (χ3n) is 4.82. The van der Waals surface area contributed by atoms with Crippen LogP contribution in [0.3, 0.4) is 0 Å². The maximum atomic E-state index is 5.78. The van der Waals surface area contributed by atoms with Gasteiger partial charge in [-0.25, -0.2) is 4.89 Å². The highest BCUT2D eigenvalue weighted by molar-refractivity contribution is 7.74. The molecule has 6 heteroatoms. The first-order chi connectivity index (χ1) is 11.2. The van der Waals surface area contributed by atoms with Crippen LogP contribution in [0.15, 0.2) is 24.4 Å². The lowest BCUT2D eigenvalue weighted by Gasteiger charge is -2.28. The van der Waals surface area contributed by atoms with Crippen LogP contribution in [-0.2, 0) is 15.6 Å². The number of rotatable bonds is 6. The van der Waals surface area contributed by atoms with E-state index in [0.717, 1.165) is 6.42 Å². The number of aromatic amines is 1. The number of likely N-dealkylation sites (tertiary alicyclic amines) is 1. The predicted molar refractivity (Wildman–Crippen MR) is 95.2 cm³/mol. The van der Waals surface area contributed by atoms with Crippen molar-refractivity contribution in [2.75, 3.05) is 20.1 Å². The smallest absolute Gasteiger partial charge is 0.142 e. The number of hydrogen-bond acceptors (Lipinski definition) is 5. The third-order valence-corrected chi connectivity index (χ3v) is 4.91. The average Bonchev–Trinajstić information content (AvgIpc) is 2.97. The lowest BCUT2D eigenvalue weighted by molar-refractivity contribution is -0.228. The summed E-state index contributed by atoms with van der Waals surface area (Å²) in [6.07, 6.45) is 5.74. The fraction of sp³-hybridized carbons (Fsp3) is 0.529. The number of nitrogens with two attached hydrogens (primary N) is 1. The molecule has 23 heavy (non-hydrogen) atoms. The third kappa shape index (κ3) is 4.08. The summed E-state index contributed by atoms with van der Waals surface area (Å²) < 4.78 is 4.32. The Morgan fingerprint density at radius 2 is 2.17 bits per heavy atom. The molecule has 2 aromatic rings. The number of benzene rings is 1. The molecule has 5 nitrogen and oxygen atoms in total. The Hall–Kier alpha value is -1.05. The van der Waals surface area contributed by atoms with E-state index >= 15 is 0 Å². The monoisotopic (exact) mass is 335 g/mol. The molecule has 1 aromatic heterocycles. The van der Waals surface area contributed by atoms with E-state index < -0.39 is 6.23 Å². The molecular weight excluding hydrogens is 310 g/mol. The molecule has 3 rings (SSSR count). The van der Waals surface area contributed by atoms with Crippen molar-refractivity contribution in [3.63, 3.8) is 0 Å². The van der Waals surface area contributed by atoms with Crippen molar-refractivity contribution in [3.8, 4) is 0 Å². The highest BCUT2D eigenvalue weighted by atomic mass is 32.1. The summed E-state index contributed by atoms with van der Waals surface area (Å²) in [4.78, 5) is 10.6. The number of aryl methyl sites for hydroxylation is 1. The van der Waals surface area contributed by atoms with Gasteiger partial charge in [0, 0.05) is 30.0 Å². The van der Waals surface area contributed by atoms with Crippen molar-refractivity contribution in [2.45, 2.75) is 37.8 Å². The van der Waals surface area contributed by atoms with E-state index in [4.69, 9.17) is 10.6 Å². The van der Waals surface area contributed by atoms with Crippen LogP contribution in [0.1, 0.15) is 36.3 Å². The van der Waals surface area contributed by atoms with Gasteiger partial charge in [0.25, 0.3) is 0 Å². The molecule has 1 fully saturated rings. The Morgan fingerprint density at radius 3 is 2.91 bits per heavy atom. The first-order valence-corrected chi connectivity index (χ1v) is 8.55. The van der Waals surface area contributed by atoms with Crippen LogP contribution >= 0.6 is 12.9 Å². The molecule has 1 unspecified atom stereocenters. The Labute approximate surface area is 142 Å². The molecule has 3 N–H and O–H groups in total. The molecule has 0 amide bonds. The number of hydrogen-bond donors (Lipinski definition) is 3. The van der Waals surface area contributed by atoms with Crippen molar-refractivity contribution < 1.29 is 9.22 Å². The lowest BCUT2D eigenvalue weighted by atomic mass is 9.89. The minimum absolute atomic E-state index is 0.456. The molecule has 0 saturated carbocycles. The van der Waals surface area contributed by atoms with Gasteiger partial charge in [-0.15, -0.1) is 0 Å². The van der Waals surface area contributed by atoms with Crippen LogP contribution in [0.4, 0.5) is 0 Å². The summed E-state index contributed by atoms with van der Waals surface area (Å²) >= 11 is 3.55. The van der Waals surface area contributed by atoms with Gasteiger partial charge < -0.3 is 15.6 Å². The van der Waals surface area contributed by atoms with Gasteiger partial charge in [0.15, 0.2) is 0 Å². The average molecular weight is 335 g/mol. The summed E-state index contributed by atoms with van der Waals surface area (Å²) in [6, 6.07) is 6.59. The second-order valence-electron chi connectivity index (χ2n) is 6.45. The molecule has 0 spiro atoms. The van der Waals surface area contributed by atoms with E-state index in [1.165, 1.54) is 48.0 Å². The van der Waals surface area contributed by atoms with Gasteiger partial charge in [0.05, 0.1) is 0 Å². The summed E-state index contributed by atoms with van der Waals surface area (Å²) in [5.74, 6) is 0.651. The van der Waals surface area contributed by atoms with Crippen LogP contribution in [0.25, 0.3) is 10.9 Å². The first kappa shape index (κ1) is 16.8. The maximum absolute atomic E-state index is 5.78. The predicted octanol–water partition coefficient (Wildman–Crippen LogP) is 2.99. The van der Waals surface area contributed by atoms with E-state index in [1.54, 1.807) is 0 Å². The zero-order valence-corrected chi connectivity index (χ0v) is 14.4. The van der Waals surface area contributed by atoms with Crippen LogP contribution in [-0.4, -0.2) is 36.2 Å². The quantitative estimate of drug-likeness (QED) is 0.250. The Kier molecular flexibility index (Phi) is 5.61. The molecule has 0 radical (unpaired) electrons. The number of H-pyrrole nitrogens is 1. The normalized spacial score (nSPS) is 18.6. The van der Waals surface area contributed by atoms with Crippen LogP contribution in [0.2, 0.25) is 0 Å². The zero-order chi connectivity index (χ0) is 16.2. The zero-order valence-electron chi connectivity index (χ0n) is 13.5.